The molecule has 1 aromatic heterocycles. The lowest BCUT2D eigenvalue weighted by Gasteiger charge is -2.22. The number of ether oxygens (including phenoxy) is 1. The molecule has 8 heteroatoms. The van der Waals surface area contributed by atoms with E-state index in [9.17, 15) is 13.2 Å². The Morgan fingerprint density at radius 3 is 2.70 bits per heavy atom. The van der Waals surface area contributed by atoms with Crippen molar-refractivity contribution in [1.29, 1.82) is 0 Å². The first kappa shape index (κ1) is 14.9. The summed E-state index contributed by atoms with van der Waals surface area (Å²) in [4.78, 5) is 3.96. The molecule has 0 saturated carbocycles. The number of hydrogen-bond acceptors (Lipinski definition) is 5. The van der Waals surface area contributed by atoms with Crippen LogP contribution in [0.2, 0.25) is 0 Å². The van der Waals surface area contributed by atoms with Crippen molar-refractivity contribution in [1.82, 2.24) is 4.98 Å². The van der Waals surface area contributed by atoms with Gasteiger partial charge in [-0.15, -0.1) is 0 Å². The number of nitrogens with zero attached hydrogens (tertiary/aromatic N) is 1. The maximum atomic E-state index is 12.7. The van der Waals surface area contributed by atoms with Gasteiger partial charge >= 0.3 is 6.18 Å². The molecule has 20 heavy (non-hydrogen) atoms. The van der Waals surface area contributed by atoms with Crippen LogP contribution in [-0.2, 0) is 10.9 Å². The molecule has 1 saturated heterocycles. The third-order valence-corrected chi connectivity index (χ3v) is 3.13. The number of alkyl halides is 3. The number of hydrazine groups is 1. The summed E-state index contributed by atoms with van der Waals surface area (Å²) >= 11 is 0. The molecule has 0 spiro atoms. The summed E-state index contributed by atoms with van der Waals surface area (Å²) in [6, 6.07) is 1.85. The highest BCUT2D eigenvalue weighted by Crippen LogP contribution is 2.32. The second kappa shape index (κ2) is 6.27. The van der Waals surface area contributed by atoms with Gasteiger partial charge in [0, 0.05) is 13.2 Å². The fourth-order valence-corrected chi connectivity index (χ4v) is 2.08. The Balaban J connectivity index is 2.06. The van der Waals surface area contributed by atoms with E-state index in [1.807, 2.05) is 0 Å². The summed E-state index contributed by atoms with van der Waals surface area (Å²) in [7, 11) is 0. The molecule has 1 aliphatic heterocycles. The van der Waals surface area contributed by atoms with Gasteiger partial charge in [-0.1, -0.05) is 0 Å². The van der Waals surface area contributed by atoms with Gasteiger partial charge in [-0.3, -0.25) is 0 Å². The second-order valence-corrected chi connectivity index (χ2v) is 4.73. The quantitative estimate of drug-likeness (QED) is 0.586. The van der Waals surface area contributed by atoms with Crippen molar-refractivity contribution < 1.29 is 17.9 Å². The Labute approximate surface area is 114 Å². The number of rotatable bonds is 4. The van der Waals surface area contributed by atoms with Crippen molar-refractivity contribution >= 4 is 11.6 Å². The fourth-order valence-electron chi connectivity index (χ4n) is 2.08. The molecule has 0 amide bonds. The Kier molecular flexibility index (Phi) is 4.66. The van der Waals surface area contributed by atoms with E-state index in [-0.39, 0.29) is 17.6 Å². The van der Waals surface area contributed by atoms with Gasteiger partial charge in [0.05, 0.1) is 12.2 Å². The molecule has 2 rings (SSSR count). The number of pyridine rings is 1. The second-order valence-electron chi connectivity index (χ2n) is 4.73. The predicted molar refractivity (Wildman–Crippen MR) is 69.1 cm³/mol. The van der Waals surface area contributed by atoms with Crippen LogP contribution in [0.1, 0.15) is 18.4 Å². The van der Waals surface area contributed by atoms with Crippen molar-refractivity contribution in [2.75, 3.05) is 30.5 Å². The average molecular weight is 290 g/mol. The van der Waals surface area contributed by atoms with Crippen LogP contribution in [0.3, 0.4) is 0 Å². The van der Waals surface area contributed by atoms with Crippen LogP contribution in [-0.4, -0.2) is 24.7 Å². The van der Waals surface area contributed by atoms with E-state index in [0.29, 0.717) is 13.2 Å². The first-order chi connectivity index (χ1) is 9.49. The van der Waals surface area contributed by atoms with Crippen LogP contribution in [0.25, 0.3) is 0 Å². The Morgan fingerprint density at radius 2 is 2.10 bits per heavy atom. The zero-order chi connectivity index (χ0) is 14.6. The molecule has 1 unspecified atom stereocenters. The summed E-state index contributed by atoms with van der Waals surface area (Å²) in [6.45, 7) is 1.89. The van der Waals surface area contributed by atoms with Crippen molar-refractivity contribution in [3.05, 3.63) is 17.7 Å². The number of nitrogens with one attached hydrogen (secondary N) is 2. The third kappa shape index (κ3) is 3.97. The van der Waals surface area contributed by atoms with Crippen LogP contribution in [0.15, 0.2) is 12.1 Å². The van der Waals surface area contributed by atoms with Gasteiger partial charge in [0.2, 0.25) is 0 Å². The molecular formula is C12H17F3N4O. The molecule has 112 valence electrons. The molecule has 1 atom stereocenters. The van der Waals surface area contributed by atoms with Crippen molar-refractivity contribution in [3.63, 3.8) is 0 Å². The van der Waals surface area contributed by atoms with Crippen LogP contribution < -0.4 is 16.6 Å². The topological polar surface area (TPSA) is 72.2 Å². The number of anilines is 2. The van der Waals surface area contributed by atoms with Crippen molar-refractivity contribution in [2.45, 2.75) is 19.0 Å². The number of hydrogen-bond donors (Lipinski definition) is 3. The monoisotopic (exact) mass is 290 g/mol. The Bertz CT molecular complexity index is 447. The molecule has 0 aromatic carbocycles. The third-order valence-electron chi connectivity index (χ3n) is 3.13. The predicted octanol–water partition coefficient (Wildman–Crippen LogP) is 2.22. The minimum absolute atomic E-state index is 0.0257. The molecule has 1 fully saturated rings. The lowest BCUT2D eigenvalue weighted by Crippen LogP contribution is -2.25. The lowest BCUT2D eigenvalue weighted by atomic mass is 10.0. The zero-order valence-corrected chi connectivity index (χ0v) is 10.8. The van der Waals surface area contributed by atoms with Crippen LogP contribution in [0, 0.1) is 5.92 Å². The minimum atomic E-state index is -4.43. The Hall–Kier alpha value is -1.54. The summed E-state index contributed by atoms with van der Waals surface area (Å²) in [5, 5.41) is 2.91. The summed E-state index contributed by atoms with van der Waals surface area (Å²) in [5.74, 6) is 5.55. The number of halogens is 3. The summed E-state index contributed by atoms with van der Waals surface area (Å²) < 4.78 is 43.5. The molecular weight excluding hydrogens is 273 g/mol. The molecule has 2 heterocycles. The molecule has 0 radical (unpaired) electrons. The first-order valence-electron chi connectivity index (χ1n) is 6.36. The van der Waals surface area contributed by atoms with E-state index in [2.05, 4.69) is 15.7 Å². The fraction of sp³-hybridized carbons (Fsp3) is 0.583. The van der Waals surface area contributed by atoms with Gasteiger partial charge in [-0.05, 0) is 30.9 Å². The van der Waals surface area contributed by atoms with Gasteiger partial charge in [0.15, 0.2) is 0 Å². The summed E-state index contributed by atoms with van der Waals surface area (Å²) in [5.41, 5.74) is 1.35. The molecule has 0 bridgehead atoms. The van der Waals surface area contributed by atoms with E-state index in [1.54, 1.807) is 0 Å². The van der Waals surface area contributed by atoms with E-state index in [1.165, 1.54) is 0 Å². The van der Waals surface area contributed by atoms with Gasteiger partial charge in [0.1, 0.15) is 11.6 Å². The highest BCUT2D eigenvalue weighted by atomic mass is 19.4. The molecule has 1 aliphatic rings. The highest BCUT2D eigenvalue weighted by molar-refractivity contribution is 5.49. The van der Waals surface area contributed by atoms with E-state index in [4.69, 9.17) is 10.6 Å². The number of aromatic nitrogens is 1. The molecule has 0 aliphatic carbocycles. The minimum Gasteiger partial charge on any atom is -0.381 e. The van der Waals surface area contributed by atoms with Gasteiger partial charge < -0.3 is 15.5 Å². The number of nitrogen functional groups attached to an aromatic ring is 1. The van der Waals surface area contributed by atoms with Crippen molar-refractivity contribution in [3.8, 4) is 0 Å². The normalized spacial score (nSPS) is 19.7. The van der Waals surface area contributed by atoms with Crippen LogP contribution >= 0.6 is 0 Å². The maximum Gasteiger partial charge on any atom is 0.416 e. The van der Waals surface area contributed by atoms with E-state index < -0.39 is 11.7 Å². The molecule has 1 aromatic rings. The van der Waals surface area contributed by atoms with Gasteiger partial charge in [-0.2, -0.15) is 13.2 Å². The zero-order valence-electron chi connectivity index (χ0n) is 10.8. The lowest BCUT2D eigenvalue weighted by molar-refractivity contribution is -0.137. The molecule has 4 N–H and O–H groups in total. The van der Waals surface area contributed by atoms with E-state index in [0.717, 1.165) is 31.6 Å². The highest BCUT2D eigenvalue weighted by Gasteiger charge is 2.31. The van der Waals surface area contributed by atoms with Crippen LogP contribution in [0.4, 0.5) is 24.8 Å². The largest absolute Gasteiger partial charge is 0.416 e. The average Bonchev–Trinajstić information content (AvgIpc) is 2.45. The SMILES string of the molecule is NNc1cc(C(F)(F)F)cc(NCC2CCCOC2)n1. The smallest absolute Gasteiger partial charge is 0.381 e. The van der Waals surface area contributed by atoms with Crippen LogP contribution in [0.5, 0.6) is 0 Å². The van der Waals surface area contributed by atoms with Crippen molar-refractivity contribution in [2.24, 2.45) is 11.8 Å². The first-order valence-corrected chi connectivity index (χ1v) is 6.36. The standard InChI is InChI=1S/C12H17F3N4O/c13-12(14,15)9-4-10(18-11(5-9)19-16)17-6-8-2-1-3-20-7-8/h4-5,8H,1-3,6-7,16H2,(H2,17,18,19). The Morgan fingerprint density at radius 1 is 1.35 bits per heavy atom. The maximum absolute atomic E-state index is 12.7. The number of nitrogens with two attached hydrogens (primary N) is 1. The van der Waals surface area contributed by atoms with E-state index >= 15 is 0 Å². The van der Waals surface area contributed by atoms with Gasteiger partial charge in [-0.25, -0.2) is 10.8 Å². The molecule has 5 nitrogen and oxygen atoms in total. The summed E-state index contributed by atoms with van der Waals surface area (Å²) in [6.07, 6.45) is -2.47. The van der Waals surface area contributed by atoms with Gasteiger partial charge in [0.25, 0.3) is 0 Å².